The molecule has 2 unspecified atom stereocenters. The molecular formula is C13H19N3O2. The van der Waals surface area contributed by atoms with Crippen molar-refractivity contribution in [3.05, 3.63) is 24.0 Å². The van der Waals surface area contributed by atoms with Crippen LogP contribution in [-0.2, 0) is 0 Å². The molecule has 1 heterocycles. The molecule has 1 aromatic rings. The first-order valence-corrected chi connectivity index (χ1v) is 6.25. The zero-order valence-electron chi connectivity index (χ0n) is 10.5. The van der Waals surface area contributed by atoms with Gasteiger partial charge >= 0.3 is 0 Å². The number of hydrogen-bond donors (Lipinski definition) is 2. The lowest BCUT2D eigenvalue weighted by Gasteiger charge is -2.29. The zero-order chi connectivity index (χ0) is 13.1. The summed E-state index contributed by atoms with van der Waals surface area (Å²) in [6.45, 7) is 0.602. The number of pyridine rings is 1. The smallest absolute Gasteiger partial charge is 0.257 e. The van der Waals surface area contributed by atoms with Gasteiger partial charge in [-0.1, -0.05) is 6.42 Å². The number of rotatable bonds is 3. The van der Waals surface area contributed by atoms with Crippen molar-refractivity contribution < 1.29 is 9.90 Å². The fourth-order valence-electron chi connectivity index (χ4n) is 2.71. The maximum absolute atomic E-state index is 12.3. The van der Waals surface area contributed by atoms with Gasteiger partial charge in [0.1, 0.15) is 5.75 Å². The number of amides is 1. The maximum Gasteiger partial charge on any atom is 0.257 e. The van der Waals surface area contributed by atoms with E-state index in [1.54, 1.807) is 18.0 Å². The van der Waals surface area contributed by atoms with E-state index in [1.807, 2.05) is 0 Å². The summed E-state index contributed by atoms with van der Waals surface area (Å²) in [7, 11) is 1.78. The lowest BCUT2D eigenvalue weighted by molar-refractivity contribution is 0.0696. The third-order valence-corrected chi connectivity index (χ3v) is 3.77. The van der Waals surface area contributed by atoms with Crippen LogP contribution in [-0.4, -0.2) is 40.5 Å². The molecule has 0 radical (unpaired) electrons. The Bertz CT molecular complexity index is 436. The van der Waals surface area contributed by atoms with Gasteiger partial charge in [0.05, 0.1) is 11.8 Å². The Morgan fingerprint density at radius 2 is 2.39 bits per heavy atom. The average molecular weight is 249 g/mol. The molecule has 0 spiro atoms. The van der Waals surface area contributed by atoms with Crippen LogP contribution in [0.25, 0.3) is 0 Å². The van der Waals surface area contributed by atoms with E-state index in [0.717, 1.165) is 19.3 Å². The Labute approximate surface area is 107 Å². The van der Waals surface area contributed by atoms with E-state index in [1.165, 1.54) is 12.4 Å². The average Bonchev–Trinajstić information content (AvgIpc) is 2.86. The molecule has 2 rings (SSSR count). The molecule has 0 aliphatic heterocycles. The van der Waals surface area contributed by atoms with Crippen LogP contribution in [0.4, 0.5) is 0 Å². The van der Waals surface area contributed by atoms with Crippen molar-refractivity contribution in [2.45, 2.75) is 25.3 Å². The summed E-state index contributed by atoms with van der Waals surface area (Å²) < 4.78 is 0. The SMILES string of the molecule is CN(C(=O)c1ccncc1O)C1CCCC1CN. The van der Waals surface area contributed by atoms with Gasteiger partial charge in [0, 0.05) is 19.3 Å². The highest BCUT2D eigenvalue weighted by atomic mass is 16.3. The Morgan fingerprint density at radius 3 is 3.06 bits per heavy atom. The molecule has 1 amide bonds. The number of nitrogens with two attached hydrogens (primary N) is 1. The Hall–Kier alpha value is -1.62. The topological polar surface area (TPSA) is 79.5 Å². The second-order valence-corrected chi connectivity index (χ2v) is 4.80. The normalized spacial score (nSPS) is 23.0. The van der Waals surface area contributed by atoms with Crippen molar-refractivity contribution in [1.82, 2.24) is 9.88 Å². The van der Waals surface area contributed by atoms with E-state index in [2.05, 4.69) is 4.98 Å². The van der Waals surface area contributed by atoms with Gasteiger partial charge in [-0.3, -0.25) is 9.78 Å². The summed E-state index contributed by atoms with van der Waals surface area (Å²) >= 11 is 0. The third-order valence-electron chi connectivity index (χ3n) is 3.77. The molecule has 2 atom stereocenters. The highest BCUT2D eigenvalue weighted by molar-refractivity contribution is 5.96. The minimum atomic E-state index is -0.166. The van der Waals surface area contributed by atoms with Crippen LogP contribution in [0.15, 0.2) is 18.5 Å². The Morgan fingerprint density at radius 1 is 1.61 bits per heavy atom. The highest BCUT2D eigenvalue weighted by Gasteiger charge is 2.32. The summed E-state index contributed by atoms with van der Waals surface area (Å²) in [6, 6.07) is 1.72. The van der Waals surface area contributed by atoms with Crippen LogP contribution < -0.4 is 5.73 Å². The standard InChI is InChI=1S/C13H19N3O2/c1-16(11-4-2-3-9(11)7-14)13(18)10-5-6-15-8-12(10)17/h5-6,8-9,11,17H,2-4,7,14H2,1H3. The first-order chi connectivity index (χ1) is 8.65. The van der Waals surface area contributed by atoms with Gasteiger partial charge < -0.3 is 15.7 Å². The Kier molecular flexibility index (Phi) is 3.81. The number of aromatic hydroxyl groups is 1. The molecule has 5 nitrogen and oxygen atoms in total. The van der Waals surface area contributed by atoms with Gasteiger partial charge in [0.2, 0.25) is 0 Å². The van der Waals surface area contributed by atoms with Crippen molar-refractivity contribution in [3.63, 3.8) is 0 Å². The van der Waals surface area contributed by atoms with Gasteiger partial charge in [0.15, 0.2) is 0 Å². The van der Waals surface area contributed by atoms with Crippen LogP contribution in [0.5, 0.6) is 5.75 Å². The van der Waals surface area contributed by atoms with Crippen LogP contribution >= 0.6 is 0 Å². The molecule has 0 aromatic carbocycles. The number of nitrogens with zero attached hydrogens (tertiary/aromatic N) is 2. The monoisotopic (exact) mass is 249 g/mol. The van der Waals surface area contributed by atoms with Gasteiger partial charge in [-0.25, -0.2) is 0 Å². The molecule has 1 saturated carbocycles. The molecule has 1 fully saturated rings. The molecule has 1 aliphatic carbocycles. The van der Waals surface area contributed by atoms with E-state index >= 15 is 0 Å². The molecule has 1 aliphatic rings. The first kappa shape index (κ1) is 12.8. The lowest BCUT2D eigenvalue weighted by atomic mass is 10.0. The summed E-state index contributed by atoms with van der Waals surface area (Å²) in [5.41, 5.74) is 6.03. The van der Waals surface area contributed by atoms with Crippen molar-refractivity contribution in [2.24, 2.45) is 11.7 Å². The number of hydrogen-bond acceptors (Lipinski definition) is 4. The van der Waals surface area contributed by atoms with E-state index in [0.29, 0.717) is 18.0 Å². The zero-order valence-corrected chi connectivity index (χ0v) is 10.5. The van der Waals surface area contributed by atoms with E-state index in [4.69, 9.17) is 5.73 Å². The molecule has 98 valence electrons. The summed E-state index contributed by atoms with van der Waals surface area (Å²) in [5, 5.41) is 9.66. The van der Waals surface area contributed by atoms with Crippen molar-refractivity contribution in [3.8, 4) is 5.75 Å². The molecule has 0 saturated heterocycles. The van der Waals surface area contributed by atoms with Gasteiger partial charge in [0.25, 0.3) is 5.91 Å². The fourth-order valence-corrected chi connectivity index (χ4v) is 2.71. The molecule has 1 aromatic heterocycles. The molecule has 3 N–H and O–H groups in total. The van der Waals surface area contributed by atoms with E-state index in [-0.39, 0.29) is 17.7 Å². The number of carbonyl (C=O) groups excluding carboxylic acids is 1. The quantitative estimate of drug-likeness (QED) is 0.837. The van der Waals surface area contributed by atoms with Crippen LogP contribution in [0.3, 0.4) is 0 Å². The predicted octanol–water partition coefficient (Wildman–Crippen LogP) is 0.987. The van der Waals surface area contributed by atoms with Gasteiger partial charge in [-0.15, -0.1) is 0 Å². The Balaban J connectivity index is 2.16. The van der Waals surface area contributed by atoms with Gasteiger partial charge in [-0.05, 0) is 31.4 Å². The largest absolute Gasteiger partial charge is 0.505 e. The number of aromatic nitrogens is 1. The summed E-state index contributed by atoms with van der Waals surface area (Å²) in [5.74, 6) is 0.125. The van der Waals surface area contributed by atoms with E-state index < -0.39 is 0 Å². The summed E-state index contributed by atoms with van der Waals surface area (Å²) in [6.07, 6.45) is 5.95. The second-order valence-electron chi connectivity index (χ2n) is 4.80. The van der Waals surface area contributed by atoms with Crippen LogP contribution in [0.1, 0.15) is 29.6 Å². The number of carbonyl (C=O) groups is 1. The van der Waals surface area contributed by atoms with Crippen LogP contribution in [0, 0.1) is 5.92 Å². The second kappa shape index (κ2) is 5.35. The van der Waals surface area contributed by atoms with Crippen molar-refractivity contribution in [1.29, 1.82) is 0 Å². The van der Waals surface area contributed by atoms with Crippen molar-refractivity contribution in [2.75, 3.05) is 13.6 Å². The predicted molar refractivity (Wildman–Crippen MR) is 68.2 cm³/mol. The van der Waals surface area contributed by atoms with Crippen molar-refractivity contribution >= 4 is 5.91 Å². The minimum absolute atomic E-state index is 0.0726. The van der Waals surface area contributed by atoms with Gasteiger partial charge in [-0.2, -0.15) is 0 Å². The fraction of sp³-hybridized carbons (Fsp3) is 0.538. The third kappa shape index (κ3) is 2.31. The highest BCUT2D eigenvalue weighted by Crippen LogP contribution is 2.30. The minimum Gasteiger partial charge on any atom is -0.505 e. The van der Waals surface area contributed by atoms with Crippen LogP contribution in [0.2, 0.25) is 0 Å². The molecule has 0 bridgehead atoms. The summed E-state index contributed by atoms with van der Waals surface area (Å²) in [4.78, 5) is 17.8. The molecule has 5 heteroatoms. The molecule has 18 heavy (non-hydrogen) atoms. The maximum atomic E-state index is 12.3. The molecular weight excluding hydrogens is 230 g/mol. The first-order valence-electron chi connectivity index (χ1n) is 6.25. The van der Waals surface area contributed by atoms with E-state index in [9.17, 15) is 9.90 Å². The lowest BCUT2D eigenvalue weighted by Crippen LogP contribution is -2.41.